The van der Waals surface area contributed by atoms with Gasteiger partial charge in [-0.2, -0.15) is 0 Å². The van der Waals surface area contributed by atoms with Crippen molar-refractivity contribution in [3.8, 4) is 0 Å². The van der Waals surface area contributed by atoms with Gasteiger partial charge < -0.3 is 19.8 Å². The van der Waals surface area contributed by atoms with Gasteiger partial charge in [-0.15, -0.1) is 0 Å². The maximum Gasteiger partial charge on any atom is 0.319 e. The third-order valence-electron chi connectivity index (χ3n) is 7.51. The van der Waals surface area contributed by atoms with E-state index in [2.05, 4.69) is 26.5 Å². The Morgan fingerprint density at radius 1 is 1.10 bits per heavy atom. The number of carbonyl (C=O) groups excluding carboxylic acids is 1. The first-order valence-corrected chi connectivity index (χ1v) is 11.9. The summed E-state index contributed by atoms with van der Waals surface area (Å²) in [6.07, 6.45) is 5.24. The van der Waals surface area contributed by atoms with Crippen molar-refractivity contribution >= 4 is 34.3 Å². The van der Waals surface area contributed by atoms with E-state index in [9.17, 15) is 4.79 Å². The quantitative estimate of drug-likeness (QED) is 0.751. The van der Waals surface area contributed by atoms with Gasteiger partial charge in [0.25, 0.3) is 0 Å². The van der Waals surface area contributed by atoms with Gasteiger partial charge in [0.05, 0.1) is 42.0 Å². The molecule has 3 fully saturated rings. The number of amides is 2. The van der Waals surface area contributed by atoms with Crippen molar-refractivity contribution in [1.82, 2.24) is 15.1 Å². The van der Waals surface area contributed by atoms with Gasteiger partial charge in [0.1, 0.15) is 11.3 Å². The Morgan fingerprint density at radius 2 is 1.87 bits per heavy atom. The number of hydrogen-bond donors (Lipinski definition) is 2. The number of urea groups is 1. The highest BCUT2D eigenvalue weighted by Crippen LogP contribution is 2.49. The number of carbonyl (C=O) groups is 1. The molecule has 1 aromatic carbocycles. The summed E-state index contributed by atoms with van der Waals surface area (Å²) >= 11 is 6.64. The third kappa shape index (κ3) is 3.42. The lowest BCUT2D eigenvalue weighted by Crippen LogP contribution is -2.56. The monoisotopic (exact) mass is 444 g/mol. The van der Waals surface area contributed by atoms with E-state index in [1.165, 1.54) is 6.42 Å². The van der Waals surface area contributed by atoms with E-state index in [1.807, 2.05) is 6.07 Å². The molecular weight excluding hydrogens is 416 g/mol. The summed E-state index contributed by atoms with van der Waals surface area (Å²) < 4.78 is 11.8. The molecule has 2 saturated heterocycles. The predicted octanol–water partition coefficient (Wildman–Crippen LogP) is 3.90. The number of anilines is 1. The van der Waals surface area contributed by atoms with Crippen molar-refractivity contribution in [2.24, 2.45) is 0 Å². The van der Waals surface area contributed by atoms with Crippen molar-refractivity contribution < 1.29 is 13.9 Å². The van der Waals surface area contributed by atoms with E-state index in [0.717, 1.165) is 99.6 Å². The molecule has 0 atom stereocenters. The molecule has 6 rings (SSSR count). The molecule has 2 N–H and O–H groups in total. The smallest absolute Gasteiger partial charge is 0.319 e. The maximum atomic E-state index is 12.4. The van der Waals surface area contributed by atoms with Gasteiger partial charge in [0.15, 0.2) is 0 Å². The van der Waals surface area contributed by atoms with Crippen molar-refractivity contribution in [3.63, 3.8) is 0 Å². The molecule has 2 aromatic rings. The summed E-state index contributed by atoms with van der Waals surface area (Å²) in [5, 5.41) is 7.78. The van der Waals surface area contributed by atoms with Crippen LogP contribution in [0.25, 0.3) is 11.0 Å². The minimum atomic E-state index is -0.384. The van der Waals surface area contributed by atoms with E-state index in [0.29, 0.717) is 11.1 Å². The lowest BCUT2D eigenvalue weighted by atomic mass is 9.74. The summed E-state index contributed by atoms with van der Waals surface area (Å²) in [5.41, 5.74) is 2.24. The van der Waals surface area contributed by atoms with Crippen LogP contribution in [0.1, 0.15) is 43.4 Å². The van der Waals surface area contributed by atoms with E-state index < -0.39 is 0 Å². The molecule has 1 aliphatic carbocycles. The molecule has 31 heavy (non-hydrogen) atoms. The number of ether oxygens (including phenoxy) is 1. The highest BCUT2D eigenvalue weighted by molar-refractivity contribution is 6.35. The number of nitrogens with one attached hydrogen (secondary N) is 2. The van der Waals surface area contributed by atoms with Crippen LogP contribution in [0.4, 0.5) is 10.5 Å². The number of halogens is 1. The average molecular weight is 445 g/mol. The lowest BCUT2D eigenvalue weighted by Gasteiger charge is -2.42. The first-order valence-electron chi connectivity index (χ1n) is 11.5. The Morgan fingerprint density at radius 3 is 2.58 bits per heavy atom. The van der Waals surface area contributed by atoms with Crippen LogP contribution in [0.5, 0.6) is 0 Å². The minimum absolute atomic E-state index is 0.169. The second-order valence-corrected chi connectivity index (χ2v) is 9.87. The van der Waals surface area contributed by atoms with Gasteiger partial charge in [-0.05, 0) is 25.0 Å². The normalized spacial score (nSPS) is 24.6. The first-order chi connectivity index (χ1) is 15.1. The van der Waals surface area contributed by atoms with Gasteiger partial charge in [-0.3, -0.25) is 9.80 Å². The molecule has 166 valence electrons. The van der Waals surface area contributed by atoms with E-state index in [-0.39, 0.29) is 11.6 Å². The van der Waals surface area contributed by atoms with Crippen molar-refractivity contribution in [3.05, 3.63) is 28.5 Å². The fourth-order valence-corrected chi connectivity index (χ4v) is 6.01. The van der Waals surface area contributed by atoms with Crippen LogP contribution in [0.2, 0.25) is 5.02 Å². The zero-order valence-electron chi connectivity index (χ0n) is 17.7. The van der Waals surface area contributed by atoms with Gasteiger partial charge in [-0.1, -0.05) is 30.9 Å². The number of benzene rings is 1. The molecular formula is C23H29ClN4O3. The molecule has 0 unspecified atom stereocenters. The van der Waals surface area contributed by atoms with Crippen molar-refractivity contribution in [2.45, 2.75) is 50.2 Å². The molecule has 1 saturated carbocycles. The summed E-state index contributed by atoms with van der Waals surface area (Å²) in [6.45, 7) is 6.78. The second-order valence-electron chi connectivity index (χ2n) is 9.46. The SMILES string of the molecule is O=C1Nc2c(Cl)cc3cc(CN4CCN(C5COC5)CC4)oc3c2C2(CCCCC2)N1. The number of rotatable bonds is 3. The summed E-state index contributed by atoms with van der Waals surface area (Å²) in [7, 11) is 0. The third-order valence-corrected chi connectivity index (χ3v) is 7.81. The van der Waals surface area contributed by atoms with Crippen LogP contribution in [-0.4, -0.2) is 61.3 Å². The maximum absolute atomic E-state index is 12.4. The second kappa shape index (κ2) is 7.66. The highest BCUT2D eigenvalue weighted by Gasteiger charge is 2.43. The largest absolute Gasteiger partial charge is 0.459 e. The summed E-state index contributed by atoms with van der Waals surface area (Å²) in [5.74, 6) is 0.961. The molecule has 0 bridgehead atoms. The summed E-state index contributed by atoms with van der Waals surface area (Å²) in [4.78, 5) is 17.4. The van der Waals surface area contributed by atoms with Crippen molar-refractivity contribution in [2.75, 3.05) is 44.7 Å². The molecule has 7 nitrogen and oxygen atoms in total. The highest BCUT2D eigenvalue weighted by atomic mass is 35.5. The van der Waals surface area contributed by atoms with Gasteiger partial charge in [0.2, 0.25) is 0 Å². The fourth-order valence-electron chi connectivity index (χ4n) is 5.76. The number of piperazine rings is 1. The van der Waals surface area contributed by atoms with Gasteiger partial charge >= 0.3 is 6.03 Å². The van der Waals surface area contributed by atoms with Crippen molar-refractivity contribution in [1.29, 1.82) is 0 Å². The van der Waals surface area contributed by atoms with Crippen LogP contribution < -0.4 is 10.6 Å². The average Bonchev–Trinajstić information content (AvgIpc) is 3.10. The Hall–Kier alpha value is -1.80. The molecule has 8 heteroatoms. The molecule has 3 aliphatic heterocycles. The molecule has 1 aromatic heterocycles. The Bertz CT molecular complexity index is 1000. The van der Waals surface area contributed by atoms with Crippen LogP contribution in [-0.2, 0) is 16.8 Å². The number of hydrogen-bond acceptors (Lipinski definition) is 5. The Labute approximate surface area is 187 Å². The van der Waals surface area contributed by atoms with E-state index >= 15 is 0 Å². The zero-order chi connectivity index (χ0) is 21.0. The molecule has 2 amide bonds. The summed E-state index contributed by atoms with van der Waals surface area (Å²) in [6, 6.07) is 4.49. The number of nitrogens with zero attached hydrogens (tertiary/aromatic N) is 2. The van der Waals surface area contributed by atoms with Crippen LogP contribution in [0, 0.1) is 0 Å². The number of furan rings is 1. The predicted molar refractivity (Wildman–Crippen MR) is 120 cm³/mol. The lowest BCUT2D eigenvalue weighted by molar-refractivity contribution is -0.0776. The fraction of sp³-hybridized carbons (Fsp3) is 0.609. The van der Waals surface area contributed by atoms with Gasteiger partial charge in [-0.25, -0.2) is 4.79 Å². The molecule has 4 heterocycles. The number of fused-ring (bicyclic) bond motifs is 4. The Kier molecular flexibility index (Phi) is 4.90. The topological polar surface area (TPSA) is 70.0 Å². The minimum Gasteiger partial charge on any atom is -0.459 e. The van der Waals surface area contributed by atoms with Crippen LogP contribution in [0.15, 0.2) is 16.5 Å². The van der Waals surface area contributed by atoms with E-state index in [1.54, 1.807) is 0 Å². The van der Waals surface area contributed by atoms with Gasteiger partial charge in [0, 0.05) is 37.1 Å². The zero-order valence-corrected chi connectivity index (χ0v) is 18.5. The van der Waals surface area contributed by atoms with Crippen LogP contribution >= 0.6 is 11.6 Å². The van der Waals surface area contributed by atoms with Crippen LogP contribution in [0.3, 0.4) is 0 Å². The molecule has 1 spiro atoms. The Balaban J connectivity index is 1.30. The molecule has 0 radical (unpaired) electrons. The molecule has 4 aliphatic rings. The van der Waals surface area contributed by atoms with E-state index in [4.69, 9.17) is 20.8 Å². The first kappa shape index (κ1) is 19.9. The standard InChI is InChI=1S/C23H29ClN4O3/c24-18-11-15-10-17(12-27-6-8-28(9-7-27)16-13-30-14-16)31-21(15)19-20(18)25-22(29)26-23(19)4-2-1-3-5-23/h10-11,16H,1-9,12-14H2,(H2,25,26,29).